The third kappa shape index (κ3) is 7.16. The lowest BCUT2D eigenvalue weighted by Crippen LogP contribution is -2.63. The van der Waals surface area contributed by atoms with Crippen LogP contribution in [0, 0.1) is 0 Å². The second-order valence-electron chi connectivity index (χ2n) is 9.20. The van der Waals surface area contributed by atoms with Gasteiger partial charge in [0.1, 0.15) is 30.2 Å². The molecule has 2 aliphatic rings. The molecule has 2 aromatic carbocycles. The first kappa shape index (κ1) is 26.8. The van der Waals surface area contributed by atoms with Crippen LogP contribution in [0.15, 0.2) is 67.3 Å². The fourth-order valence-electron chi connectivity index (χ4n) is 4.53. The average molecular weight is 499 g/mol. The molecule has 0 aliphatic carbocycles. The number of fused-ring (bicyclic) bond motifs is 1. The van der Waals surface area contributed by atoms with Crippen LogP contribution in [0.25, 0.3) is 0 Å². The van der Waals surface area contributed by atoms with E-state index in [0.717, 1.165) is 49.0 Å². The molecule has 2 saturated heterocycles. The summed E-state index contributed by atoms with van der Waals surface area (Å²) in [7, 11) is 1.64. The van der Waals surface area contributed by atoms with Crippen molar-refractivity contribution in [1.29, 1.82) is 0 Å². The van der Waals surface area contributed by atoms with Crippen molar-refractivity contribution in [2.75, 3.05) is 20.3 Å². The van der Waals surface area contributed by atoms with E-state index < -0.39 is 37.0 Å². The Morgan fingerprint density at radius 3 is 2.50 bits per heavy atom. The van der Waals surface area contributed by atoms with Crippen LogP contribution in [0.5, 0.6) is 5.75 Å². The van der Waals surface area contributed by atoms with Gasteiger partial charge in [0.25, 0.3) is 0 Å². The molecule has 7 heteroatoms. The lowest BCUT2D eigenvalue weighted by atomic mass is 9.97. The molecule has 6 atom stereocenters. The van der Waals surface area contributed by atoms with Gasteiger partial charge in [-0.15, -0.1) is 6.58 Å². The van der Waals surface area contributed by atoms with E-state index in [1.807, 2.05) is 60.7 Å². The zero-order valence-electron chi connectivity index (χ0n) is 21.0. The van der Waals surface area contributed by atoms with Crippen molar-refractivity contribution in [3.8, 4) is 5.75 Å². The van der Waals surface area contributed by atoms with E-state index in [1.165, 1.54) is 0 Å². The summed E-state index contributed by atoms with van der Waals surface area (Å²) >= 11 is 0. The Bertz CT molecular complexity index is 904. The van der Waals surface area contributed by atoms with Gasteiger partial charge in [-0.2, -0.15) is 0 Å². The Kier molecular flexibility index (Phi) is 10.3. The number of allylic oxidation sites excluding steroid dienone is 1. The van der Waals surface area contributed by atoms with Crippen molar-refractivity contribution in [3.05, 3.63) is 78.4 Å². The minimum absolute atomic E-state index is 0.311. The van der Waals surface area contributed by atoms with Crippen LogP contribution in [0.1, 0.15) is 49.5 Å². The largest absolute Gasteiger partial charge is 0.497 e. The van der Waals surface area contributed by atoms with E-state index in [9.17, 15) is 5.11 Å². The van der Waals surface area contributed by atoms with Gasteiger partial charge in [0.2, 0.25) is 0 Å². The van der Waals surface area contributed by atoms with Crippen LogP contribution in [0.2, 0.25) is 0 Å². The first-order chi connectivity index (χ1) is 17.7. The summed E-state index contributed by atoms with van der Waals surface area (Å²) in [6.45, 7) is 4.90. The number of aliphatic hydroxyl groups excluding tert-OH is 1. The van der Waals surface area contributed by atoms with E-state index >= 15 is 0 Å². The summed E-state index contributed by atoms with van der Waals surface area (Å²) in [6.07, 6.45) is 3.29. The predicted octanol–water partition coefficient (Wildman–Crippen LogP) is 4.93. The normalized spacial score (nSPS) is 27.8. The highest BCUT2D eigenvalue weighted by Gasteiger charge is 2.50. The molecule has 0 aromatic heterocycles. The van der Waals surface area contributed by atoms with E-state index in [2.05, 4.69) is 6.58 Å². The number of aliphatic hydroxyl groups is 1. The molecule has 7 nitrogen and oxygen atoms in total. The molecule has 196 valence electrons. The van der Waals surface area contributed by atoms with Crippen molar-refractivity contribution in [3.63, 3.8) is 0 Å². The van der Waals surface area contributed by atoms with Gasteiger partial charge >= 0.3 is 0 Å². The van der Waals surface area contributed by atoms with Crippen molar-refractivity contribution < 1.29 is 33.5 Å². The minimum Gasteiger partial charge on any atom is -0.497 e. The number of hydrogen-bond acceptors (Lipinski definition) is 7. The Morgan fingerprint density at radius 1 is 0.972 bits per heavy atom. The molecule has 36 heavy (non-hydrogen) atoms. The molecule has 0 saturated carbocycles. The number of rotatable bonds is 13. The Balaban J connectivity index is 1.40. The standard InChI is InChI=1S/C29H38O7/c1-3-4-5-6-7-11-18-32-29-25(30)27(33-19-21-14-16-23(31-2)17-15-21)26-24(35-29)20-34-28(36-26)22-12-9-8-10-13-22/h3,8-10,12-17,24-30H,1,4-7,11,18-20H2,2H3/t24-,25-,26+,27-,28?,29-/m1/s1. The molecular formula is C29H38O7. The highest BCUT2D eigenvalue weighted by molar-refractivity contribution is 5.26. The van der Waals surface area contributed by atoms with E-state index in [0.29, 0.717) is 19.8 Å². The van der Waals surface area contributed by atoms with Crippen molar-refractivity contribution >= 4 is 0 Å². The van der Waals surface area contributed by atoms with E-state index in [4.69, 9.17) is 28.4 Å². The zero-order chi connectivity index (χ0) is 25.2. The van der Waals surface area contributed by atoms with Gasteiger partial charge in [-0.3, -0.25) is 0 Å². The molecule has 0 bridgehead atoms. The molecule has 2 aromatic rings. The highest BCUT2D eigenvalue weighted by Crippen LogP contribution is 2.36. The van der Waals surface area contributed by atoms with Crippen molar-refractivity contribution in [2.24, 2.45) is 0 Å². The summed E-state index contributed by atoms with van der Waals surface area (Å²) < 4.78 is 35.9. The maximum atomic E-state index is 11.2. The van der Waals surface area contributed by atoms with Crippen LogP contribution in [0.4, 0.5) is 0 Å². The third-order valence-electron chi connectivity index (χ3n) is 6.57. The molecule has 0 spiro atoms. The number of hydrogen-bond donors (Lipinski definition) is 1. The molecule has 0 radical (unpaired) electrons. The van der Waals surface area contributed by atoms with Crippen molar-refractivity contribution in [1.82, 2.24) is 0 Å². The second kappa shape index (κ2) is 13.9. The number of ether oxygens (including phenoxy) is 6. The highest BCUT2D eigenvalue weighted by atomic mass is 16.8. The zero-order valence-corrected chi connectivity index (χ0v) is 21.0. The lowest BCUT2D eigenvalue weighted by molar-refractivity contribution is -0.367. The van der Waals surface area contributed by atoms with Crippen LogP contribution >= 0.6 is 0 Å². The number of unbranched alkanes of at least 4 members (excludes halogenated alkanes) is 4. The molecule has 4 rings (SSSR count). The topological polar surface area (TPSA) is 75.6 Å². The summed E-state index contributed by atoms with van der Waals surface area (Å²) in [5.41, 5.74) is 1.88. The van der Waals surface area contributed by atoms with Crippen LogP contribution in [-0.4, -0.2) is 56.1 Å². The summed E-state index contributed by atoms with van der Waals surface area (Å²) in [5, 5.41) is 11.2. The summed E-state index contributed by atoms with van der Waals surface area (Å²) in [5.74, 6) is 0.779. The van der Waals surface area contributed by atoms with Gasteiger partial charge in [-0.1, -0.05) is 61.4 Å². The van der Waals surface area contributed by atoms with Crippen LogP contribution in [0.3, 0.4) is 0 Å². The average Bonchev–Trinajstić information content (AvgIpc) is 2.93. The lowest BCUT2D eigenvalue weighted by Gasteiger charge is -2.47. The molecule has 2 fully saturated rings. The van der Waals surface area contributed by atoms with Gasteiger partial charge in [-0.05, 0) is 37.0 Å². The maximum Gasteiger partial charge on any atom is 0.186 e. The van der Waals surface area contributed by atoms with Gasteiger partial charge in [0.05, 0.1) is 20.3 Å². The molecule has 2 aliphatic heterocycles. The summed E-state index contributed by atoms with van der Waals surface area (Å²) in [6, 6.07) is 17.4. The predicted molar refractivity (Wildman–Crippen MR) is 135 cm³/mol. The molecule has 1 unspecified atom stereocenters. The van der Waals surface area contributed by atoms with Gasteiger partial charge in [0.15, 0.2) is 12.6 Å². The first-order valence-electron chi connectivity index (χ1n) is 12.8. The first-order valence-corrected chi connectivity index (χ1v) is 12.8. The quantitative estimate of drug-likeness (QED) is 0.310. The smallest absolute Gasteiger partial charge is 0.186 e. The maximum absolute atomic E-state index is 11.2. The molecule has 1 N–H and O–H groups in total. The number of methoxy groups -OCH3 is 1. The van der Waals surface area contributed by atoms with Crippen molar-refractivity contribution in [2.45, 2.75) is 75.7 Å². The van der Waals surface area contributed by atoms with Crippen LogP contribution < -0.4 is 4.74 Å². The minimum atomic E-state index is -1.00. The Hall–Kier alpha value is -2.26. The van der Waals surface area contributed by atoms with E-state index in [-0.39, 0.29) is 0 Å². The summed E-state index contributed by atoms with van der Waals surface area (Å²) in [4.78, 5) is 0. The van der Waals surface area contributed by atoms with Gasteiger partial charge in [-0.25, -0.2) is 0 Å². The Labute approximate surface area is 213 Å². The SMILES string of the molecule is C=CCCCCCCO[C@@H]1O[C@@H]2COC(c3ccccc3)O[C@@H]2[C@H](OCc2ccc(OC)cc2)[C@H]1O. The van der Waals surface area contributed by atoms with Gasteiger partial charge < -0.3 is 33.5 Å². The number of benzene rings is 2. The fourth-order valence-corrected chi connectivity index (χ4v) is 4.53. The van der Waals surface area contributed by atoms with Crippen LogP contribution in [-0.2, 0) is 30.3 Å². The molecule has 2 heterocycles. The fraction of sp³-hybridized carbons (Fsp3) is 0.517. The molecular weight excluding hydrogens is 460 g/mol. The molecule has 0 amide bonds. The Morgan fingerprint density at radius 2 is 1.75 bits per heavy atom. The van der Waals surface area contributed by atoms with E-state index in [1.54, 1.807) is 7.11 Å². The monoisotopic (exact) mass is 498 g/mol. The second-order valence-corrected chi connectivity index (χ2v) is 9.20. The van der Waals surface area contributed by atoms with Gasteiger partial charge in [0, 0.05) is 12.2 Å². The third-order valence-corrected chi connectivity index (χ3v) is 6.57.